The Morgan fingerprint density at radius 1 is 1.07 bits per heavy atom. The summed E-state index contributed by atoms with van der Waals surface area (Å²) in [7, 11) is 0. The van der Waals surface area contributed by atoms with Crippen molar-refractivity contribution in [1.82, 2.24) is 20.4 Å². The first kappa shape index (κ1) is 22.3. The number of nitrogens with one attached hydrogen (secondary N) is 2. The van der Waals surface area contributed by atoms with Crippen LogP contribution in [0.15, 0.2) is 18.2 Å². The Kier molecular flexibility index (Phi) is 8.08. The van der Waals surface area contributed by atoms with Gasteiger partial charge in [-0.05, 0) is 38.5 Å². The first-order valence-electron chi connectivity index (χ1n) is 9.77. The van der Waals surface area contributed by atoms with Crippen molar-refractivity contribution in [3.8, 4) is 0 Å². The van der Waals surface area contributed by atoms with Crippen molar-refractivity contribution in [3.05, 3.63) is 39.4 Å². The molecule has 1 heterocycles. The number of fused-ring (bicyclic) bond motifs is 1. The number of amides is 4. The second-order valence-corrected chi connectivity index (χ2v) is 6.67. The summed E-state index contributed by atoms with van der Waals surface area (Å²) in [5, 5.41) is 16.3. The second-order valence-electron chi connectivity index (χ2n) is 6.67. The molecule has 0 spiro atoms. The molecule has 1 aromatic rings. The van der Waals surface area contributed by atoms with Crippen LogP contribution in [0.3, 0.4) is 0 Å². The lowest BCUT2D eigenvalue weighted by atomic mass is 10.1. The average Bonchev–Trinajstić information content (AvgIpc) is 2.95. The van der Waals surface area contributed by atoms with Crippen LogP contribution >= 0.6 is 0 Å². The predicted molar refractivity (Wildman–Crippen MR) is 107 cm³/mol. The fourth-order valence-electron chi connectivity index (χ4n) is 3.14. The number of nitrogens with zero attached hydrogens (tertiary/aromatic N) is 3. The summed E-state index contributed by atoms with van der Waals surface area (Å²) in [6.07, 6.45) is 1.25. The van der Waals surface area contributed by atoms with E-state index in [1.165, 1.54) is 12.1 Å². The molecule has 158 valence electrons. The van der Waals surface area contributed by atoms with Crippen molar-refractivity contribution in [1.29, 1.82) is 0 Å². The zero-order chi connectivity index (χ0) is 21.4. The maximum Gasteiger partial charge on any atom is 0.314 e. The lowest BCUT2D eigenvalue weighted by molar-refractivity contribution is -0.384. The highest BCUT2D eigenvalue weighted by Gasteiger charge is 2.36. The summed E-state index contributed by atoms with van der Waals surface area (Å²) in [5.74, 6) is -1.02. The highest BCUT2D eigenvalue weighted by atomic mass is 16.6. The molecule has 10 heteroatoms. The molecule has 0 saturated heterocycles. The van der Waals surface area contributed by atoms with Crippen LogP contribution in [0.2, 0.25) is 0 Å². The Morgan fingerprint density at radius 2 is 1.69 bits per heavy atom. The van der Waals surface area contributed by atoms with Gasteiger partial charge < -0.3 is 15.5 Å². The van der Waals surface area contributed by atoms with Crippen LogP contribution in [0.1, 0.15) is 47.4 Å². The largest absolute Gasteiger partial charge is 0.338 e. The number of non-ortho nitro benzene ring substituents is 1. The molecule has 0 unspecified atom stereocenters. The lowest BCUT2D eigenvalue weighted by Crippen LogP contribution is -2.39. The van der Waals surface area contributed by atoms with Gasteiger partial charge in [-0.2, -0.15) is 0 Å². The van der Waals surface area contributed by atoms with E-state index in [1.807, 2.05) is 0 Å². The molecular weight excluding hydrogens is 378 g/mol. The minimum absolute atomic E-state index is 0.0445. The van der Waals surface area contributed by atoms with Gasteiger partial charge in [0.2, 0.25) is 0 Å². The minimum atomic E-state index is -0.606. The minimum Gasteiger partial charge on any atom is -0.338 e. The Balaban J connectivity index is 1.71. The van der Waals surface area contributed by atoms with Crippen LogP contribution in [0.5, 0.6) is 0 Å². The summed E-state index contributed by atoms with van der Waals surface area (Å²) in [6, 6.07) is 3.35. The van der Waals surface area contributed by atoms with Crippen molar-refractivity contribution < 1.29 is 19.3 Å². The molecule has 29 heavy (non-hydrogen) atoms. The number of nitro groups is 1. The number of benzene rings is 1. The quantitative estimate of drug-likeness (QED) is 0.249. The lowest BCUT2D eigenvalue weighted by Gasteiger charge is -2.17. The van der Waals surface area contributed by atoms with Gasteiger partial charge in [-0.1, -0.05) is 13.8 Å². The van der Waals surface area contributed by atoms with Crippen molar-refractivity contribution in [2.75, 3.05) is 39.3 Å². The molecule has 0 aromatic heterocycles. The van der Waals surface area contributed by atoms with E-state index in [2.05, 4.69) is 29.4 Å². The van der Waals surface area contributed by atoms with Crippen LogP contribution < -0.4 is 10.6 Å². The normalized spacial score (nSPS) is 13.0. The summed E-state index contributed by atoms with van der Waals surface area (Å²) in [4.78, 5) is 50.1. The third-order valence-electron chi connectivity index (χ3n) is 4.84. The Morgan fingerprint density at radius 3 is 2.31 bits per heavy atom. The van der Waals surface area contributed by atoms with E-state index in [9.17, 15) is 24.5 Å². The third-order valence-corrected chi connectivity index (χ3v) is 4.84. The number of urea groups is 1. The molecule has 0 bridgehead atoms. The van der Waals surface area contributed by atoms with Gasteiger partial charge in [-0.15, -0.1) is 0 Å². The van der Waals surface area contributed by atoms with E-state index in [0.717, 1.165) is 37.0 Å². The van der Waals surface area contributed by atoms with Gasteiger partial charge in [0.25, 0.3) is 17.5 Å². The van der Waals surface area contributed by atoms with Gasteiger partial charge in [-0.3, -0.25) is 24.6 Å². The molecule has 0 atom stereocenters. The van der Waals surface area contributed by atoms with Gasteiger partial charge in [0.15, 0.2) is 0 Å². The van der Waals surface area contributed by atoms with Crippen molar-refractivity contribution in [2.24, 2.45) is 0 Å². The topological polar surface area (TPSA) is 125 Å². The van der Waals surface area contributed by atoms with Crippen molar-refractivity contribution in [2.45, 2.75) is 26.7 Å². The number of carbonyl (C=O) groups excluding carboxylic acids is 3. The van der Waals surface area contributed by atoms with E-state index >= 15 is 0 Å². The molecule has 4 amide bonds. The van der Waals surface area contributed by atoms with E-state index < -0.39 is 16.7 Å². The zero-order valence-corrected chi connectivity index (χ0v) is 16.8. The van der Waals surface area contributed by atoms with E-state index in [4.69, 9.17) is 0 Å². The first-order valence-corrected chi connectivity index (χ1v) is 9.77. The van der Waals surface area contributed by atoms with Gasteiger partial charge in [0.1, 0.15) is 0 Å². The second kappa shape index (κ2) is 10.5. The number of carbonyl (C=O) groups is 3. The molecule has 1 aliphatic rings. The molecule has 0 aliphatic carbocycles. The molecule has 2 rings (SSSR count). The highest BCUT2D eigenvalue weighted by molar-refractivity contribution is 6.21. The van der Waals surface area contributed by atoms with E-state index in [1.54, 1.807) is 0 Å². The maximum atomic E-state index is 12.4. The molecular formula is C19H27N5O5. The number of hydrogen-bond donors (Lipinski definition) is 2. The van der Waals surface area contributed by atoms with Gasteiger partial charge >= 0.3 is 6.03 Å². The first-order chi connectivity index (χ1) is 13.9. The molecule has 1 aliphatic heterocycles. The van der Waals surface area contributed by atoms with Crippen LogP contribution in [0.4, 0.5) is 10.5 Å². The Labute approximate surface area is 169 Å². The monoisotopic (exact) mass is 405 g/mol. The summed E-state index contributed by atoms with van der Waals surface area (Å²) >= 11 is 0. The third kappa shape index (κ3) is 5.74. The van der Waals surface area contributed by atoms with E-state index in [-0.39, 0.29) is 29.4 Å². The van der Waals surface area contributed by atoms with Crippen molar-refractivity contribution in [3.63, 3.8) is 0 Å². The van der Waals surface area contributed by atoms with Gasteiger partial charge in [0.05, 0.1) is 16.1 Å². The van der Waals surface area contributed by atoms with Crippen LogP contribution in [0.25, 0.3) is 0 Å². The Hall–Kier alpha value is -3.01. The maximum absolute atomic E-state index is 12.4. The Bertz CT molecular complexity index is 778. The number of imide groups is 1. The van der Waals surface area contributed by atoms with Crippen LogP contribution in [0, 0.1) is 10.1 Å². The average molecular weight is 405 g/mol. The summed E-state index contributed by atoms with van der Waals surface area (Å²) in [6.45, 7) is 8.07. The van der Waals surface area contributed by atoms with Crippen LogP contribution in [-0.4, -0.2) is 71.8 Å². The molecule has 1 aromatic carbocycles. The number of nitro benzene ring substituents is 1. The molecule has 0 fully saturated rings. The summed E-state index contributed by atoms with van der Waals surface area (Å²) in [5.41, 5.74) is -0.0197. The van der Waals surface area contributed by atoms with Gasteiger partial charge in [0, 0.05) is 31.8 Å². The smallest absolute Gasteiger partial charge is 0.314 e. The molecule has 2 N–H and O–H groups in total. The fourth-order valence-corrected chi connectivity index (χ4v) is 3.14. The molecule has 0 saturated carbocycles. The molecule has 10 nitrogen and oxygen atoms in total. The van der Waals surface area contributed by atoms with Crippen molar-refractivity contribution >= 4 is 23.5 Å². The molecule has 0 radical (unpaired) electrons. The SMILES string of the molecule is CCN(CC)CCCNC(=O)NCCCN1C(=O)c2ccc([N+](=O)[O-])cc2C1=O. The fraction of sp³-hybridized carbons (Fsp3) is 0.526. The highest BCUT2D eigenvalue weighted by Crippen LogP contribution is 2.26. The predicted octanol–water partition coefficient (Wildman–Crippen LogP) is 1.61. The standard InChI is InChI=1S/C19H27N5O5/c1-3-22(4-2)11-5-9-20-19(27)21-10-6-12-23-17(25)15-8-7-14(24(28)29)13-16(15)18(23)26/h7-8,13H,3-6,9-12H2,1-2H3,(H2,20,21,27). The zero-order valence-electron chi connectivity index (χ0n) is 16.8. The number of hydrogen-bond acceptors (Lipinski definition) is 6. The summed E-state index contributed by atoms with van der Waals surface area (Å²) < 4.78 is 0. The van der Waals surface area contributed by atoms with Gasteiger partial charge in [-0.25, -0.2) is 4.79 Å². The number of rotatable bonds is 11. The van der Waals surface area contributed by atoms with Crippen LogP contribution in [-0.2, 0) is 0 Å². The van der Waals surface area contributed by atoms with E-state index in [0.29, 0.717) is 19.5 Å².